The Bertz CT molecular complexity index is 668. The predicted molar refractivity (Wildman–Crippen MR) is 91.4 cm³/mol. The van der Waals surface area contributed by atoms with E-state index in [4.69, 9.17) is 0 Å². The quantitative estimate of drug-likeness (QED) is 0.936. The number of benzene rings is 2. The van der Waals surface area contributed by atoms with Crippen LogP contribution in [-0.4, -0.2) is 29.1 Å². The smallest absolute Gasteiger partial charge is 0.308 e. The molecule has 1 aliphatic rings. The van der Waals surface area contributed by atoms with E-state index in [1.165, 1.54) is 16.7 Å². The van der Waals surface area contributed by atoms with E-state index in [0.29, 0.717) is 6.54 Å². The average Bonchev–Trinajstić information content (AvgIpc) is 2.56. The number of hydrogen-bond donors (Lipinski definition) is 1. The molecule has 0 radical (unpaired) electrons. The van der Waals surface area contributed by atoms with E-state index in [0.717, 1.165) is 19.5 Å². The zero-order chi connectivity index (χ0) is 16.2. The topological polar surface area (TPSA) is 40.5 Å². The monoisotopic (exact) mass is 309 g/mol. The number of carboxylic acids is 1. The molecule has 2 aromatic carbocycles. The highest BCUT2D eigenvalue weighted by molar-refractivity contribution is 5.72. The van der Waals surface area contributed by atoms with E-state index >= 15 is 0 Å². The number of rotatable bonds is 4. The Morgan fingerprint density at radius 1 is 1.13 bits per heavy atom. The van der Waals surface area contributed by atoms with Crippen molar-refractivity contribution in [3.63, 3.8) is 0 Å². The Hall–Kier alpha value is -2.13. The highest BCUT2D eigenvalue weighted by Gasteiger charge is 2.35. The van der Waals surface area contributed by atoms with E-state index in [-0.39, 0.29) is 11.8 Å². The lowest BCUT2D eigenvalue weighted by atomic mass is 9.79. The van der Waals surface area contributed by atoms with Gasteiger partial charge in [-0.1, -0.05) is 54.6 Å². The molecule has 1 fully saturated rings. The van der Waals surface area contributed by atoms with E-state index < -0.39 is 5.97 Å². The number of aliphatic carboxylic acids is 1. The second-order valence-corrected chi connectivity index (χ2v) is 6.42. The third kappa shape index (κ3) is 3.62. The Morgan fingerprint density at radius 2 is 1.83 bits per heavy atom. The number of carbonyl (C=O) groups is 1. The van der Waals surface area contributed by atoms with Crippen molar-refractivity contribution in [1.29, 1.82) is 0 Å². The predicted octanol–water partition coefficient (Wildman–Crippen LogP) is 3.69. The first-order valence-electron chi connectivity index (χ1n) is 8.20. The van der Waals surface area contributed by atoms with Crippen molar-refractivity contribution in [3.05, 3.63) is 71.3 Å². The van der Waals surface area contributed by atoms with Crippen molar-refractivity contribution in [1.82, 2.24) is 4.90 Å². The van der Waals surface area contributed by atoms with Crippen molar-refractivity contribution in [2.75, 3.05) is 13.1 Å². The number of hydrogen-bond acceptors (Lipinski definition) is 2. The van der Waals surface area contributed by atoms with Crippen LogP contribution in [0.4, 0.5) is 0 Å². The van der Waals surface area contributed by atoms with E-state index in [2.05, 4.69) is 36.1 Å². The molecule has 1 saturated heterocycles. The molecule has 1 aliphatic heterocycles. The fraction of sp³-hybridized carbons (Fsp3) is 0.350. The molecule has 3 rings (SSSR count). The largest absolute Gasteiger partial charge is 0.481 e. The van der Waals surface area contributed by atoms with E-state index in [1.807, 2.05) is 30.3 Å². The van der Waals surface area contributed by atoms with E-state index in [1.54, 1.807) is 0 Å². The molecule has 2 aromatic rings. The normalized spacial score (nSPS) is 22.0. The van der Waals surface area contributed by atoms with Crippen LogP contribution in [0.5, 0.6) is 0 Å². The summed E-state index contributed by atoms with van der Waals surface area (Å²) in [5.41, 5.74) is 3.63. The SMILES string of the molecule is Cc1ccccc1C1CCN(Cc2ccccc2)CC1C(=O)O. The summed E-state index contributed by atoms with van der Waals surface area (Å²) in [6, 6.07) is 18.5. The van der Waals surface area contributed by atoms with Crippen molar-refractivity contribution >= 4 is 5.97 Å². The maximum atomic E-state index is 11.8. The molecule has 3 heteroatoms. The van der Waals surface area contributed by atoms with Gasteiger partial charge in [0.1, 0.15) is 0 Å². The van der Waals surface area contributed by atoms with Crippen molar-refractivity contribution in [3.8, 4) is 0 Å². The number of carboxylic acid groups (broad SMARTS) is 1. The molecule has 0 aromatic heterocycles. The molecule has 3 nitrogen and oxygen atoms in total. The Morgan fingerprint density at radius 3 is 2.52 bits per heavy atom. The van der Waals surface area contributed by atoms with Gasteiger partial charge in [-0.2, -0.15) is 0 Å². The molecule has 2 atom stereocenters. The summed E-state index contributed by atoms with van der Waals surface area (Å²) in [6.07, 6.45) is 0.897. The van der Waals surface area contributed by atoms with Gasteiger partial charge in [-0.3, -0.25) is 9.69 Å². The van der Waals surface area contributed by atoms with Gasteiger partial charge in [-0.05, 0) is 42.5 Å². The summed E-state index contributed by atoms with van der Waals surface area (Å²) in [4.78, 5) is 14.1. The summed E-state index contributed by atoms with van der Waals surface area (Å²) >= 11 is 0. The molecular weight excluding hydrogens is 286 g/mol. The number of piperidine rings is 1. The van der Waals surface area contributed by atoms with Gasteiger partial charge >= 0.3 is 5.97 Å². The molecule has 0 bridgehead atoms. The zero-order valence-electron chi connectivity index (χ0n) is 13.5. The van der Waals surface area contributed by atoms with Crippen LogP contribution < -0.4 is 0 Å². The molecule has 23 heavy (non-hydrogen) atoms. The molecule has 0 aliphatic carbocycles. The van der Waals surface area contributed by atoms with Crippen LogP contribution in [0.2, 0.25) is 0 Å². The minimum Gasteiger partial charge on any atom is -0.481 e. The van der Waals surface area contributed by atoms with Crippen LogP contribution in [0.25, 0.3) is 0 Å². The molecular formula is C20H23NO2. The maximum Gasteiger partial charge on any atom is 0.308 e. The van der Waals surface area contributed by atoms with Crippen LogP contribution in [0, 0.1) is 12.8 Å². The lowest BCUT2D eigenvalue weighted by Gasteiger charge is -2.37. The minimum absolute atomic E-state index is 0.112. The van der Waals surface area contributed by atoms with Crippen LogP contribution in [0.1, 0.15) is 29.0 Å². The van der Waals surface area contributed by atoms with Crippen LogP contribution >= 0.6 is 0 Å². The minimum atomic E-state index is -0.684. The number of aryl methyl sites for hydroxylation is 1. The molecule has 1 N–H and O–H groups in total. The molecule has 0 saturated carbocycles. The molecule has 0 spiro atoms. The second kappa shape index (κ2) is 6.97. The zero-order valence-corrected chi connectivity index (χ0v) is 13.5. The first-order chi connectivity index (χ1) is 11.1. The van der Waals surface area contributed by atoms with Crippen molar-refractivity contribution in [2.24, 2.45) is 5.92 Å². The summed E-state index contributed by atoms with van der Waals surface area (Å²) in [7, 11) is 0. The third-order valence-corrected chi connectivity index (χ3v) is 4.85. The Kier molecular flexibility index (Phi) is 4.77. The van der Waals surface area contributed by atoms with Gasteiger partial charge in [0.25, 0.3) is 0 Å². The fourth-order valence-corrected chi connectivity index (χ4v) is 3.63. The Balaban J connectivity index is 1.76. The first-order valence-corrected chi connectivity index (χ1v) is 8.20. The van der Waals surface area contributed by atoms with Crippen LogP contribution in [0.3, 0.4) is 0 Å². The first kappa shape index (κ1) is 15.8. The van der Waals surface area contributed by atoms with Gasteiger partial charge in [0.05, 0.1) is 5.92 Å². The lowest BCUT2D eigenvalue weighted by Crippen LogP contribution is -2.42. The number of likely N-dealkylation sites (tertiary alicyclic amines) is 1. The summed E-state index contributed by atoms with van der Waals surface area (Å²) in [5.74, 6) is -0.912. The van der Waals surface area contributed by atoms with Crippen LogP contribution in [0.15, 0.2) is 54.6 Å². The highest BCUT2D eigenvalue weighted by Crippen LogP contribution is 2.35. The van der Waals surface area contributed by atoms with Gasteiger partial charge < -0.3 is 5.11 Å². The molecule has 120 valence electrons. The maximum absolute atomic E-state index is 11.8. The van der Waals surface area contributed by atoms with Crippen LogP contribution in [-0.2, 0) is 11.3 Å². The molecule has 2 unspecified atom stereocenters. The fourth-order valence-electron chi connectivity index (χ4n) is 3.63. The van der Waals surface area contributed by atoms with Gasteiger partial charge in [-0.25, -0.2) is 0 Å². The van der Waals surface area contributed by atoms with Gasteiger partial charge in [0.15, 0.2) is 0 Å². The summed E-state index contributed by atoms with van der Waals surface area (Å²) in [6.45, 7) is 4.45. The second-order valence-electron chi connectivity index (χ2n) is 6.42. The Labute approximate surface area is 137 Å². The average molecular weight is 309 g/mol. The van der Waals surface area contributed by atoms with Gasteiger partial charge in [0, 0.05) is 13.1 Å². The third-order valence-electron chi connectivity index (χ3n) is 4.85. The summed E-state index contributed by atoms with van der Waals surface area (Å²) < 4.78 is 0. The van der Waals surface area contributed by atoms with Gasteiger partial charge in [-0.15, -0.1) is 0 Å². The number of nitrogens with zero attached hydrogens (tertiary/aromatic N) is 1. The lowest BCUT2D eigenvalue weighted by molar-refractivity contribution is -0.144. The van der Waals surface area contributed by atoms with Crippen molar-refractivity contribution < 1.29 is 9.90 Å². The molecule has 1 heterocycles. The molecule has 0 amide bonds. The standard InChI is InChI=1S/C20H23NO2/c1-15-7-5-6-10-17(15)18-11-12-21(14-19(18)20(22)23)13-16-8-3-2-4-9-16/h2-10,18-19H,11-14H2,1H3,(H,22,23). The highest BCUT2D eigenvalue weighted by atomic mass is 16.4. The van der Waals surface area contributed by atoms with Gasteiger partial charge in [0.2, 0.25) is 0 Å². The summed E-state index contributed by atoms with van der Waals surface area (Å²) in [5, 5.41) is 9.72. The van der Waals surface area contributed by atoms with Crippen molar-refractivity contribution in [2.45, 2.75) is 25.8 Å². The van der Waals surface area contributed by atoms with E-state index in [9.17, 15) is 9.90 Å².